The fraction of sp³-hybridized carbons (Fsp3) is 0.450. The number of aryl methyl sites for hydroxylation is 1. The summed E-state index contributed by atoms with van der Waals surface area (Å²) in [7, 11) is 0. The lowest BCUT2D eigenvalue weighted by Crippen LogP contribution is -2.28. The van der Waals surface area contributed by atoms with Crippen LogP contribution in [0.15, 0.2) is 30.3 Å². The van der Waals surface area contributed by atoms with Gasteiger partial charge in [0.2, 0.25) is 5.95 Å². The number of hydrogen-bond donors (Lipinski definition) is 1. The van der Waals surface area contributed by atoms with Crippen molar-refractivity contribution in [2.24, 2.45) is 0 Å². The molecule has 1 saturated heterocycles. The third-order valence-corrected chi connectivity index (χ3v) is 4.45. The zero-order chi connectivity index (χ0) is 18.0. The molecule has 0 aliphatic carbocycles. The van der Waals surface area contributed by atoms with Crippen LogP contribution in [0.5, 0.6) is 0 Å². The van der Waals surface area contributed by atoms with Crippen LogP contribution < -0.4 is 5.32 Å². The number of hydrogen-bond acceptors (Lipinski definition) is 4. The molecule has 1 N–H and O–H groups in total. The number of para-hydroxylation sites is 1. The first-order chi connectivity index (χ1) is 11.8. The quantitative estimate of drug-likeness (QED) is 0.917. The molecule has 5 nitrogen and oxygen atoms in total. The van der Waals surface area contributed by atoms with Gasteiger partial charge in [0.15, 0.2) is 0 Å². The van der Waals surface area contributed by atoms with Gasteiger partial charge in [0, 0.05) is 24.5 Å². The van der Waals surface area contributed by atoms with Crippen LogP contribution in [0.25, 0.3) is 0 Å². The highest BCUT2D eigenvalue weighted by atomic mass is 16.2. The van der Waals surface area contributed by atoms with Gasteiger partial charge in [-0.3, -0.25) is 4.79 Å². The molecule has 0 unspecified atom stereocenters. The topological polar surface area (TPSA) is 58.1 Å². The van der Waals surface area contributed by atoms with Gasteiger partial charge in [-0.25, -0.2) is 9.97 Å². The van der Waals surface area contributed by atoms with Crippen LogP contribution in [0, 0.1) is 6.92 Å². The summed E-state index contributed by atoms with van der Waals surface area (Å²) in [5.74, 6) is 0.467. The molecule has 1 amide bonds. The van der Waals surface area contributed by atoms with Gasteiger partial charge in [0.25, 0.3) is 5.91 Å². The van der Waals surface area contributed by atoms with E-state index >= 15 is 0 Å². The molecule has 0 spiro atoms. The smallest absolute Gasteiger partial charge is 0.272 e. The maximum atomic E-state index is 12.6. The monoisotopic (exact) mass is 338 g/mol. The van der Waals surface area contributed by atoms with Crippen molar-refractivity contribution in [3.8, 4) is 0 Å². The first-order valence-electron chi connectivity index (χ1n) is 8.86. The van der Waals surface area contributed by atoms with E-state index in [9.17, 15) is 4.79 Å². The van der Waals surface area contributed by atoms with E-state index in [2.05, 4.69) is 42.1 Å². The van der Waals surface area contributed by atoms with Crippen molar-refractivity contribution in [3.63, 3.8) is 0 Å². The lowest BCUT2D eigenvalue weighted by Gasteiger charge is -2.23. The second-order valence-corrected chi connectivity index (χ2v) is 7.64. The van der Waals surface area contributed by atoms with Crippen LogP contribution in [-0.4, -0.2) is 33.9 Å². The highest BCUT2D eigenvalue weighted by molar-refractivity contribution is 5.93. The van der Waals surface area contributed by atoms with Gasteiger partial charge >= 0.3 is 0 Å². The van der Waals surface area contributed by atoms with Crippen molar-refractivity contribution in [2.75, 3.05) is 18.4 Å². The number of benzene rings is 1. The molecule has 2 heterocycles. The summed E-state index contributed by atoms with van der Waals surface area (Å²) in [6.45, 7) is 10.0. The normalized spacial score (nSPS) is 14.6. The second-order valence-electron chi connectivity index (χ2n) is 7.64. The van der Waals surface area contributed by atoms with Crippen LogP contribution in [0.3, 0.4) is 0 Å². The molecular formula is C20H26N4O. The number of rotatable bonds is 3. The van der Waals surface area contributed by atoms with E-state index in [1.165, 1.54) is 5.56 Å². The summed E-state index contributed by atoms with van der Waals surface area (Å²) in [6.07, 6.45) is 2.14. The Balaban J connectivity index is 1.90. The summed E-state index contributed by atoms with van der Waals surface area (Å²) < 4.78 is 0. The molecule has 1 aromatic carbocycles. The van der Waals surface area contributed by atoms with E-state index in [0.29, 0.717) is 11.6 Å². The Hall–Kier alpha value is -2.43. The average molecular weight is 338 g/mol. The highest BCUT2D eigenvalue weighted by Crippen LogP contribution is 2.30. The molecule has 132 valence electrons. The molecule has 1 fully saturated rings. The maximum absolute atomic E-state index is 12.6. The molecule has 1 aliphatic rings. The average Bonchev–Trinajstić information content (AvgIpc) is 3.07. The molecule has 0 radical (unpaired) electrons. The molecule has 25 heavy (non-hydrogen) atoms. The molecule has 2 aromatic rings. The molecule has 3 rings (SSSR count). The Labute approximate surface area is 149 Å². The maximum Gasteiger partial charge on any atom is 0.272 e. The van der Waals surface area contributed by atoms with Gasteiger partial charge in [-0.1, -0.05) is 39.0 Å². The number of amides is 1. The van der Waals surface area contributed by atoms with Gasteiger partial charge in [0.1, 0.15) is 5.69 Å². The van der Waals surface area contributed by atoms with Crippen LogP contribution in [-0.2, 0) is 5.41 Å². The summed E-state index contributed by atoms with van der Waals surface area (Å²) in [5, 5.41) is 3.31. The van der Waals surface area contributed by atoms with E-state index in [-0.39, 0.29) is 11.3 Å². The Kier molecular flexibility index (Phi) is 4.75. The van der Waals surface area contributed by atoms with Crippen molar-refractivity contribution in [1.29, 1.82) is 0 Å². The number of aromatic nitrogens is 2. The minimum atomic E-state index is -0.00448. The van der Waals surface area contributed by atoms with Gasteiger partial charge < -0.3 is 10.2 Å². The SMILES string of the molecule is Cc1cc(C(=O)N2CCCC2)nc(Nc2ccccc2C(C)(C)C)n1. The van der Waals surface area contributed by atoms with Crippen LogP contribution in [0.4, 0.5) is 11.6 Å². The van der Waals surface area contributed by atoms with Crippen molar-refractivity contribution in [3.05, 3.63) is 47.3 Å². The first-order valence-corrected chi connectivity index (χ1v) is 8.86. The minimum Gasteiger partial charge on any atom is -0.337 e. The zero-order valence-corrected chi connectivity index (χ0v) is 15.5. The first kappa shape index (κ1) is 17.4. The fourth-order valence-electron chi connectivity index (χ4n) is 3.18. The predicted octanol–water partition coefficient (Wildman–Crippen LogP) is 4.06. The highest BCUT2D eigenvalue weighted by Gasteiger charge is 2.22. The Morgan fingerprint density at radius 1 is 1.12 bits per heavy atom. The van der Waals surface area contributed by atoms with Crippen LogP contribution in [0.2, 0.25) is 0 Å². The minimum absolute atomic E-state index is 0.00161. The molecule has 0 bridgehead atoms. The van der Waals surface area contributed by atoms with Crippen LogP contribution in [0.1, 0.15) is 55.4 Å². The third-order valence-electron chi connectivity index (χ3n) is 4.45. The van der Waals surface area contributed by atoms with Crippen molar-refractivity contribution >= 4 is 17.5 Å². The summed E-state index contributed by atoms with van der Waals surface area (Å²) in [6, 6.07) is 9.92. The number of likely N-dealkylation sites (tertiary alicyclic amines) is 1. The van der Waals surface area contributed by atoms with E-state index in [0.717, 1.165) is 37.3 Å². The van der Waals surface area contributed by atoms with E-state index in [1.54, 1.807) is 6.07 Å². The molecule has 0 saturated carbocycles. The molecular weight excluding hydrogens is 312 g/mol. The predicted molar refractivity (Wildman–Crippen MR) is 100 cm³/mol. The van der Waals surface area contributed by atoms with Gasteiger partial charge in [-0.15, -0.1) is 0 Å². The van der Waals surface area contributed by atoms with Crippen molar-refractivity contribution < 1.29 is 4.79 Å². The molecule has 1 aliphatic heterocycles. The summed E-state index contributed by atoms with van der Waals surface area (Å²) >= 11 is 0. The summed E-state index contributed by atoms with van der Waals surface area (Å²) in [5.41, 5.74) is 3.41. The van der Waals surface area contributed by atoms with Gasteiger partial charge in [0.05, 0.1) is 0 Å². The Bertz CT molecular complexity index is 774. The standard InChI is InChI=1S/C20H26N4O/c1-14-13-17(18(25)24-11-7-8-12-24)23-19(21-14)22-16-10-6-5-9-15(16)20(2,3)4/h5-6,9-10,13H,7-8,11-12H2,1-4H3,(H,21,22,23). The number of nitrogens with one attached hydrogen (secondary N) is 1. The second kappa shape index (κ2) is 6.82. The van der Waals surface area contributed by atoms with Crippen molar-refractivity contribution in [1.82, 2.24) is 14.9 Å². The Morgan fingerprint density at radius 3 is 2.48 bits per heavy atom. The molecule has 0 atom stereocenters. The number of carbonyl (C=O) groups is 1. The van der Waals surface area contributed by atoms with Gasteiger partial charge in [-0.05, 0) is 42.9 Å². The largest absolute Gasteiger partial charge is 0.337 e. The lowest BCUT2D eigenvalue weighted by atomic mass is 9.86. The van der Waals surface area contributed by atoms with Gasteiger partial charge in [-0.2, -0.15) is 0 Å². The number of carbonyl (C=O) groups excluding carboxylic acids is 1. The van der Waals surface area contributed by atoms with E-state index in [4.69, 9.17) is 0 Å². The zero-order valence-electron chi connectivity index (χ0n) is 15.5. The number of nitrogens with zero attached hydrogens (tertiary/aromatic N) is 3. The molecule has 5 heteroatoms. The Morgan fingerprint density at radius 2 is 1.80 bits per heavy atom. The van der Waals surface area contributed by atoms with Crippen molar-refractivity contribution in [2.45, 2.75) is 46.0 Å². The summed E-state index contributed by atoms with van der Waals surface area (Å²) in [4.78, 5) is 23.5. The van der Waals surface area contributed by atoms with E-state index in [1.807, 2.05) is 30.0 Å². The van der Waals surface area contributed by atoms with E-state index < -0.39 is 0 Å². The fourth-order valence-corrected chi connectivity index (χ4v) is 3.18. The van der Waals surface area contributed by atoms with Crippen LogP contribution >= 0.6 is 0 Å². The third kappa shape index (κ3) is 3.98. The lowest BCUT2D eigenvalue weighted by molar-refractivity contribution is 0.0787. The number of anilines is 2. The molecule has 1 aromatic heterocycles.